The second-order valence-corrected chi connectivity index (χ2v) is 6.76. The normalized spacial score (nSPS) is 32.2. The van der Waals surface area contributed by atoms with Crippen molar-refractivity contribution in [2.45, 2.75) is 11.7 Å². The van der Waals surface area contributed by atoms with Gasteiger partial charge in [0, 0.05) is 0 Å². The van der Waals surface area contributed by atoms with Gasteiger partial charge in [-0.3, -0.25) is 14.4 Å². The van der Waals surface area contributed by atoms with E-state index in [0.717, 1.165) is 0 Å². The summed E-state index contributed by atoms with van der Waals surface area (Å²) in [5, 5.41) is 0. The maximum atomic E-state index is 13.3. The molecule has 3 aliphatic rings. The summed E-state index contributed by atoms with van der Waals surface area (Å²) in [5.41, 5.74) is -0.292. The second kappa shape index (κ2) is 5.22. The molecule has 0 saturated carbocycles. The van der Waals surface area contributed by atoms with Gasteiger partial charge >= 0.3 is 0 Å². The van der Waals surface area contributed by atoms with Gasteiger partial charge in [-0.15, -0.1) is 0 Å². The number of fused-ring (bicyclic) bond motifs is 5. The Labute approximate surface area is 149 Å². The van der Waals surface area contributed by atoms with Crippen LogP contribution < -0.4 is 4.90 Å². The number of imide groups is 1. The Morgan fingerprint density at radius 3 is 2.19 bits per heavy atom. The molecule has 2 aromatic rings. The molecule has 5 rings (SSSR count). The molecule has 0 aromatic heterocycles. The number of benzene rings is 2. The predicted octanol–water partition coefficient (Wildman–Crippen LogP) is 2.23. The number of para-hydroxylation sites is 1. The molecule has 0 radical (unpaired) electrons. The van der Waals surface area contributed by atoms with E-state index in [0.29, 0.717) is 11.3 Å². The van der Waals surface area contributed by atoms with Crippen LogP contribution in [0, 0.1) is 11.8 Å². The molecular weight excluding hydrogens is 330 g/mol. The summed E-state index contributed by atoms with van der Waals surface area (Å²) in [6.07, 6.45) is 2.48. The Hall–Kier alpha value is -3.05. The summed E-state index contributed by atoms with van der Waals surface area (Å²) in [6.45, 7) is 0. The van der Waals surface area contributed by atoms with Gasteiger partial charge in [0.05, 0.1) is 23.6 Å². The maximum absolute atomic E-state index is 13.3. The van der Waals surface area contributed by atoms with Gasteiger partial charge in [0.1, 0.15) is 0 Å². The number of amides is 2. The van der Waals surface area contributed by atoms with Crippen LogP contribution in [0.15, 0.2) is 72.8 Å². The zero-order valence-corrected chi connectivity index (χ0v) is 13.7. The fraction of sp³-hybridized carbons (Fsp3) is 0.190. The van der Waals surface area contributed by atoms with E-state index in [1.165, 1.54) is 11.0 Å². The van der Waals surface area contributed by atoms with Crippen LogP contribution in [0.4, 0.5) is 5.69 Å². The van der Waals surface area contributed by atoms with Crippen molar-refractivity contribution in [3.05, 3.63) is 78.4 Å². The summed E-state index contributed by atoms with van der Waals surface area (Å²) in [6, 6.07) is 17.8. The molecule has 2 bridgehead atoms. The van der Waals surface area contributed by atoms with Crippen molar-refractivity contribution in [2.24, 2.45) is 11.8 Å². The van der Waals surface area contributed by atoms with Crippen LogP contribution in [-0.4, -0.2) is 23.7 Å². The number of hydrogen-bond acceptors (Lipinski definition) is 4. The highest BCUT2D eigenvalue weighted by Crippen LogP contribution is 2.55. The van der Waals surface area contributed by atoms with E-state index in [9.17, 15) is 14.4 Å². The number of nitrogens with zero attached hydrogens (tertiary/aromatic N) is 1. The van der Waals surface area contributed by atoms with Gasteiger partial charge in [0.2, 0.25) is 11.8 Å². The predicted molar refractivity (Wildman–Crippen MR) is 93.1 cm³/mol. The molecule has 128 valence electrons. The number of ketones is 1. The molecule has 3 aliphatic heterocycles. The van der Waals surface area contributed by atoms with Gasteiger partial charge in [0.15, 0.2) is 11.4 Å². The van der Waals surface area contributed by atoms with E-state index < -0.39 is 23.5 Å². The standard InChI is InChI=1S/C21H15NO4/c23-16-12-11-15-17-18(21(16,26-15)13-7-3-1-4-8-13)20(25)22(19(17)24)14-9-5-2-6-10-14/h1-12,15,17-18H/t15-,17-,18+,21+/m1/s1. The third-order valence-electron chi connectivity index (χ3n) is 5.49. The molecule has 2 amide bonds. The molecular formula is C21H15NO4. The number of ether oxygens (including phenoxy) is 1. The topological polar surface area (TPSA) is 63.7 Å². The van der Waals surface area contributed by atoms with Gasteiger partial charge in [-0.25, -0.2) is 4.90 Å². The quantitative estimate of drug-likeness (QED) is 0.783. The third kappa shape index (κ3) is 1.75. The zero-order valence-electron chi connectivity index (χ0n) is 13.7. The van der Waals surface area contributed by atoms with Crippen molar-refractivity contribution in [1.82, 2.24) is 0 Å². The number of carbonyl (C=O) groups excluding carboxylic acids is 3. The minimum Gasteiger partial charge on any atom is -0.353 e. The summed E-state index contributed by atoms with van der Waals surface area (Å²) in [7, 11) is 0. The molecule has 5 heteroatoms. The highest BCUT2D eigenvalue weighted by molar-refractivity contribution is 6.25. The smallest absolute Gasteiger partial charge is 0.241 e. The van der Waals surface area contributed by atoms with Crippen LogP contribution in [0.25, 0.3) is 0 Å². The average molecular weight is 345 g/mol. The van der Waals surface area contributed by atoms with Gasteiger partial charge in [0.25, 0.3) is 0 Å². The van der Waals surface area contributed by atoms with Crippen LogP contribution in [0.1, 0.15) is 5.56 Å². The molecule has 0 N–H and O–H groups in total. The molecule has 0 unspecified atom stereocenters. The van der Waals surface area contributed by atoms with E-state index in [4.69, 9.17) is 4.74 Å². The van der Waals surface area contributed by atoms with Gasteiger partial charge in [-0.1, -0.05) is 54.6 Å². The van der Waals surface area contributed by atoms with Crippen molar-refractivity contribution in [3.63, 3.8) is 0 Å². The van der Waals surface area contributed by atoms with Crippen LogP contribution in [0.5, 0.6) is 0 Å². The molecule has 5 nitrogen and oxygen atoms in total. The minimum atomic E-state index is -1.43. The molecule has 26 heavy (non-hydrogen) atoms. The van der Waals surface area contributed by atoms with Crippen LogP contribution in [-0.2, 0) is 24.7 Å². The lowest BCUT2D eigenvalue weighted by Crippen LogP contribution is -2.47. The van der Waals surface area contributed by atoms with Crippen LogP contribution in [0.2, 0.25) is 0 Å². The van der Waals surface area contributed by atoms with Gasteiger partial charge < -0.3 is 4.74 Å². The number of carbonyl (C=O) groups is 3. The first-order valence-corrected chi connectivity index (χ1v) is 8.53. The first-order chi connectivity index (χ1) is 12.6. The number of rotatable bonds is 2. The van der Waals surface area contributed by atoms with Crippen molar-refractivity contribution in [3.8, 4) is 0 Å². The van der Waals surface area contributed by atoms with Gasteiger partial charge in [-0.2, -0.15) is 0 Å². The van der Waals surface area contributed by atoms with E-state index in [1.807, 2.05) is 12.1 Å². The molecule has 3 heterocycles. The SMILES string of the molecule is O=C1[C@H]2[C@@H](C(=O)N1c1ccccc1)[C@@]1(c3ccccc3)O[C@@H]2C=CC1=O. The number of hydrogen-bond donors (Lipinski definition) is 0. The highest BCUT2D eigenvalue weighted by atomic mass is 16.5. The highest BCUT2D eigenvalue weighted by Gasteiger charge is 2.70. The third-order valence-corrected chi connectivity index (χ3v) is 5.49. The summed E-state index contributed by atoms with van der Waals surface area (Å²) >= 11 is 0. The zero-order chi connectivity index (χ0) is 17.9. The van der Waals surface area contributed by atoms with Crippen molar-refractivity contribution in [1.29, 1.82) is 0 Å². The van der Waals surface area contributed by atoms with E-state index >= 15 is 0 Å². The Balaban J connectivity index is 1.69. The monoisotopic (exact) mass is 345 g/mol. The van der Waals surface area contributed by atoms with Crippen LogP contribution >= 0.6 is 0 Å². The van der Waals surface area contributed by atoms with E-state index in [2.05, 4.69) is 0 Å². The lowest BCUT2D eigenvalue weighted by atomic mass is 9.75. The first kappa shape index (κ1) is 15.2. The Bertz CT molecular complexity index is 952. The Kier molecular flexibility index (Phi) is 3.06. The summed E-state index contributed by atoms with van der Waals surface area (Å²) < 4.78 is 6.07. The lowest BCUT2D eigenvalue weighted by Gasteiger charge is -2.33. The average Bonchev–Trinajstić information content (AvgIpc) is 3.12. The van der Waals surface area contributed by atoms with E-state index in [1.54, 1.807) is 54.6 Å². The molecule has 0 aliphatic carbocycles. The minimum absolute atomic E-state index is 0.288. The van der Waals surface area contributed by atoms with Crippen molar-refractivity contribution >= 4 is 23.3 Å². The van der Waals surface area contributed by atoms with Crippen LogP contribution in [0.3, 0.4) is 0 Å². The van der Waals surface area contributed by atoms with Gasteiger partial charge in [-0.05, 0) is 23.8 Å². The fourth-order valence-corrected chi connectivity index (χ4v) is 4.39. The molecule has 0 spiro atoms. The summed E-state index contributed by atoms with van der Waals surface area (Å²) in [5.74, 6) is -2.53. The van der Waals surface area contributed by atoms with E-state index in [-0.39, 0.29) is 17.6 Å². The van der Waals surface area contributed by atoms with Crippen molar-refractivity contribution in [2.75, 3.05) is 4.90 Å². The first-order valence-electron chi connectivity index (χ1n) is 8.53. The largest absolute Gasteiger partial charge is 0.353 e. The lowest BCUT2D eigenvalue weighted by molar-refractivity contribution is -0.149. The molecule has 2 aromatic carbocycles. The molecule has 2 fully saturated rings. The van der Waals surface area contributed by atoms with Crippen molar-refractivity contribution < 1.29 is 19.1 Å². The maximum Gasteiger partial charge on any atom is 0.241 e. The Morgan fingerprint density at radius 1 is 0.846 bits per heavy atom. The molecule has 2 saturated heterocycles. The summed E-state index contributed by atoms with van der Waals surface area (Å²) in [4.78, 5) is 40.5. The second-order valence-electron chi connectivity index (χ2n) is 6.76. The fourth-order valence-electron chi connectivity index (χ4n) is 4.39. The number of anilines is 1. The Morgan fingerprint density at radius 2 is 1.50 bits per heavy atom. The molecule has 4 atom stereocenters.